The average Bonchev–Trinajstić information content (AvgIpc) is 2.38. The van der Waals surface area contributed by atoms with Crippen molar-refractivity contribution in [2.24, 2.45) is 0 Å². The lowest BCUT2D eigenvalue weighted by molar-refractivity contribution is -0.146. The van der Waals surface area contributed by atoms with E-state index in [4.69, 9.17) is 27.9 Å². The standard InChI is InChI=1S/C12H15Cl2NO2S/c1-12(15-2,11(16)17-3)7-18-10-6-8(13)4-5-9(10)14/h4-6,15H,7H2,1-3H3. The quantitative estimate of drug-likeness (QED) is 0.669. The van der Waals surface area contributed by atoms with E-state index in [1.807, 2.05) is 0 Å². The van der Waals surface area contributed by atoms with Gasteiger partial charge in [-0.05, 0) is 32.2 Å². The molecule has 6 heteroatoms. The highest BCUT2D eigenvalue weighted by atomic mass is 35.5. The Kier molecular flexibility index (Phi) is 5.79. The lowest BCUT2D eigenvalue weighted by Gasteiger charge is -2.25. The number of esters is 1. The number of ether oxygens (including phenoxy) is 1. The number of carbonyl (C=O) groups is 1. The molecule has 1 aromatic carbocycles. The van der Waals surface area contributed by atoms with Crippen LogP contribution in [0.2, 0.25) is 10.0 Å². The molecule has 100 valence electrons. The van der Waals surface area contributed by atoms with Crippen molar-refractivity contribution >= 4 is 40.9 Å². The number of thioether (sulfide) groups is 1. The van der Waals surface area contributed by atoms with Crippen molar-refractivity contribution in [3.63, 3.8) is 0 Å². The van der Waals surface area contributed by atoms with Crippen molar-refractivity contribution in [1.29, 1.82) is 0 Å². The Bertz CT molecular complexity index is 442. The van der Waals surface area contributed by atoms with Gasteiger partial charge in [-0.2, -0.15) is 0 Å². The summed E-state index contributed by atoms with van der Waals surface area (Å²) in [7, 11) is 3.09. The van der Waals surface area contributed by atoms with Crippen LogP contribution in [-0.4, -0.2) is 31.4 Å². The summed E-state index contributed by atoms with van der Waals surface area (Å²) in [5.74, 6) is 0.187. The molecule has 0 radical (unpaired) electrons. The van der Waals surface area contributed by atoms with Crippen LogP contribution in [0.5, 0.6) is 0 Å². The molecular formula is C12H15Cl2NO2S. The highest BCUT2D eigenvalue weighted by Crippen LogP contribution is 2.32. The second-order valence-corrected chi connectivity index (χ2v) is 5.80. The van der Waals surface area contributed by atoms with Crippen molar-refractivity contribution in [3.05, 3.63) is 28.2 Å². The lowest BCUT2D eigenvalue weighted by Crippen LogP contribution is -2.50. The van der Waals surface area contributed by atoms with Crippen molar-refractivity contribution in [1.82, 2.24) is 5.32 Å². The van der Waals surface area contributed by atoms with Gasteiger partial charge in [0.25, 0.3) is 0 Å². The third-order valence-corrected chi connectivity index (χ3v) is 4.64. The van der Waals surface area contributed by atoms with Crippen LogP contribution in [0, 0.1) is 0 Å². The summed E-state index contributed by atoms with van der Waals surface area (Å²) in [5.41, 5.74) is -0.759. The summed E-state index contributed by atoms with van der Waals surface area (Å²) < 4.78 is 4.77. The number of hydrogen-bond acceptors (Lipinski definition) is 4. The van der Waals surface area contributed by atoms with Gasteiger partial charge in [0.2, 0.25) is 0 Å². The average molecular weight is 308 g/mol. The van der Waals surface area contributed by atoms with E-state index in [2.05, 4.69) is 5.32 Å². The van der Waals surface area contributed by atoms with E-state index in [0.717, 1.165) is 4.90 Å². The number of methoxy groups -OCH3 is 1. The molecule has 0 spiro atoms. The predicted molar refractivity (Wildman–Crippen MR) is 76.7 cm³/mol. The zero-order valence-electron chi connectivity index (χ0n) is 10.4. The van der Waals surface area contributed by atoms with Gasteiger partial charge in [0, 0.05) is 15.7 Å². The fourth-order valence-electron chi connectivity index (χ4n) is 1.27. The number of likely N-dealkylation sites (N-methyl/N-ethyl adjacent to an activating group) is 1. The molecule has 0 bridgehead atoms. The Balaban J connectivity index is 2.80. The van der Waals surface area contributed by atoms with Gasteiger partial charge in [-0.15, -0.1) is 11.8 Å². The fourth-order valence-corrected chi connectivity index (χ4v) is 2.91. The number of nitrogens with one attached hydrogen (secondary N) is 1. The molecule has 0 amide bonds. The maximum atomic E-state index is 11.7. The molecule has 0 aromatic heterocycles. The molecule has 1 unspecified atom stereocenters. The van der Waals surface area contributed by atoms with Crippen LogP contribution < -0.4 is 5.32 Å². The molecule has 0 aliphatic rings. The second kappa shape index (κ2) is 6.66. The topological polar surface area (TPSA) is 38.3 Å². The van der Waals surface area contributed by atoms with Crippen LogP contribution in [-0.2, 0) is 9.53 Å². The minimum Gasteiger partial charge on any atom is -0.468 e. The maximum absolute atomic E-state index is 11.7. The van der Waals surface area contributed by atoms with Gasteiger partial charge in [-0.1, -0.05) is 23.2 Å². The maximum Gasteiger partial charge on any atom is 0.326 e. The minimum absolute atomic E-state index is 0.310. The molecule has 0 aliphatic heterocycles. The predicted octanol–water partition coefficient (Wildman–Crippen LogP) is 3.24. The van der Waals surface area contributed by atoms with Gasteiger partial charge in [0.15, 0.2) is 0 Å². The number of halogens is 2. The molecular weight excluding hydrogens is 293 g/mol. The van der Waals surface area contributed by atoms with Crippen LogP contribution in [0.25, 0.3) is 0 Å². The molecule has 1 aromatic rings. The Labute approximate surface area is 121 Å². The Hall–Kier alpha value is -0.420. The number of hydrogen-bond donors (Lipinski definition) is 1. The normalized spacial score (nSPS) is 14.1. The van der Waals surface area contributed by atoms with Crippen LogP contribution in [0.1, 0.15) is 6.92 Å². The van der Waals surface area contributed by atoms with E-state index in [0.29, 0.717) is 15.8 Å². The lowest BCUT2D eigenvalue weighted by atomic mass is 10.1. The van der Waals surface area contributed by atoms with E-state index in [1.165, 1.54) is 18.9 Å². The molecule has 0 aliphatic carbocycles. The molecule has 1 N–H and O–H groups in total. The monoisotopic (exact) mass is 307 g/mol. The van der Waals surface area contributed by atoms with Crippen molar-refractivity contribution in [2.45, 2.75) is 17.4 Å². The van der Waals surface area contributed by atoms with Crippen LogP contribution in [0.15, 0.2) is 23.1 Å². The first kappa shape index (κ1) is 15.6. The first-order valence-corrected chi connectivity index (χ1v) is 7.02. The van der Waals surface area contributed by atoms with Crippen molar-refractivity contribution in [2.75, 3.05) is 19.9 Å². The van der Waals surface area contributed by atoms with Crippen molar-refractivity contribution < 1.29 is 9.53 Å². The minimum atomic E-state index is -0.759. The van der Waals surface area contributed by atoms with Gasteiger partial charge in [0.05, 0.1) is 12.1 Å². The Morgan fingerprint density at radius 3 is 2.72 bits per heavy atom. The summed E-state index contributed by atoms with van der Waals surface area (Å²) in [5, 5.41) is 4.20. The summed E-state index contributed by atoms with van der Waals surface area (Å²) in [4.78, 5) is 12.5. The summed E-state index contributed by atoms with van der Waals surface area (Å²) >= 11 is 13.4. The summed E-state index contributed by atoms with van der Waals surface area (Å²) in [6.07, 6.45) is 0. The molecule has 1 rings (SSSR count). The van der Waals surface area contributed by atoms with Gasteiger partial charge in [-0.25, -0.2) is 0 Å². The second-order valence-electron chi connectivity index (χ2n) is 3.94. The van der Waals surface area contributed by atoms with E-state index < -0.39 is 5.54 Å². The highest BCUT2D eigenvalue weighted by Gasteiger charge is 2.32. The summed E-state index contributed by atoms with van der Waals surface area (Å²) in [6, 6.07) is 5.24. The molecule has 0 saturated heterocycles. The zero-order chi connectivity index (χ0) is 13.8. The number of rotatable bonds is 5. The largest absolute Gasteiger partial charge is 0.468 e. The molecule has 0 fully saturated rings. The Morgan fingerprint density at radius 1 is 1.50 bits per heavy atom. The van der Waals surface area contributed by atoms with Gasteiger partial charge in [-0.3, -0.25) is 4.79 Å². The smallest absolute Gasteiger partial charge is 0.326 e. The van der Waals surface area contributed by atoms with Crippen LogP contribution in [0.3, 0.4) is 0 Å². The van der Waals surface area contributed by atoms with Crippen molar-refractivity contribution in [3.8, 4) is 0 Å². The SMILES string of the molecule is CNC(C)(CSc1cc(Cl)ccc1Cl)C(=O)OC. The summed E-state index contributed by atoms with van der Waals surface area (Å²) in [6.45, 7) is 1.78. The van der Waals surface area contributed by atoms with E-state index in [1.54, 1.807) is 32.2 Å². The first-order valence-electron chi connectivity index (χ1n) is 5.28. The van der Waals surface area contributed by atoms with Gasteiger partial charge in [0.1, 0.15) is 5.54 Å². The third kappa shape index (κ3) is 3.79. The fraction of sp³-hybridized carbons (Fsp3) is 0.417. The van der Waals surface area contributed by atoms with E-state index in [-0.39, 0.29) is 5.97 Å². The molecule has 3 nitrogen and oxygen atoms in total. The third-order valence-electron chi connectivity index (χ3n) is 2.60. The molecule has 18 heavy (non-hydrogen) atoms. The molecule has 0 saturated carbocycles. The van der Waals surface area contributed by atoms with Gasteiger partial charge < -0.3 is 10.1 Å². The van der Waals surface area contributed by atoms with Crippen LogP contribution in [0.4, 0.5) is 0 Å². The van der Waals surface area contributed by atoms with E-state index in [9.17, 15) is 4.79 Å². The molecule has 1 atom stereocenters. The highest BCUT2D eigenvalue weighted by molar-refractivity contribution is 7.99. The van der Waals surface area contributed by atoms with Gasteiger partial charge >= 0.3 is 5.97 Å². The van der Waals surface area contributed by atoms with Crippen LogP contribution >= 0.6 is 35.0 Å². The number of benzene rings is 1. The van der Waals surface area contributed by atoms with E-state index >= 15 is 0 Å². The molecule has 0 heterocycles. The number of carbonyl (C=O) groups excluding carboxylic acids is 1. The first-order chi connectivity index (χ1) is 8.42. The zero-order valence-corrected chi connectivity index (χ0v) is 12.7. The Morgan fingerprint density at radius 2 is 2.17 bits per heavy atom.